The molecular weight excluding hydrogens is 267 g/mol. The number of benzene rings is 2. The monoisotopic (exact) mass is 284 g/mol. The van der Waals surface area contributed by atoms with Crippen molar-refractivity contribution in [3.8, 4) is 5.75 Å². The minimum Gasteiger partial charge on any atom is -0.496 e. The molecule has 3 rings (SSSR count). The summed E-state index contributed by atoms with van der Waals surface area (Å²) < 4.78 is 18.6. The van der Waals surface area contributed by atoms with E-state index < -0.39 is 0 Å². The molecule has 3 nitrogen and oxygen atoms in total. The Kier molecular flexibility index (Phi) is 3.60. The average Bonchev–Trinajstić information content (AvgIpc) is 2.82. The van der Waals surface area contributed by atoms with Crippen LogP contribution in [0.3, 0.4) is 0 Å². The first kappa shape index (κ1) is 13.6. The summed E-state index contributed by atoms with van der Waals surface area (Å²) in [6.07, 6.45) is 0.795. The van der Waals surface area contributed by atoms with E-state index in [0.717, 1.165) is 29.8 Å². The van der Waals surface area contributed by atoms with E-state index in [1.165, 1.54) is 12.1 Å². The third kappa shape index (κ3) is 2.61. The van der Waals surface area contributed by atoms with Crippen LogP contribution in [0.15, 0.2) is 42.5 Å². The third-order valence-corrected chi connectivity index (χ3v) is 3.85. The van der Waals surface area contributed by atoms with Gasteiger partial charge < -0.3 is 9.64 Å². The molecule has 108 valence electrons. The van der Waals surface area contributed by atoms with Gasteiger partial charge in [-0.2, -0.15) is 0 Å². The summed E-state index contributed by atoms with van der Waals surface area (Å²) >= 11 is 0. The van der Waals surface area contributed by atoms with Crippen LogP contribution >= 0.6 is 0 Å². The molecule has 1 heterocycles. The molecule has 0 aliphatic carbocycles. The molecule has 0 atom stereocenters. The lowest BCUT2D eigenvalue weighted by Gasteiger charge is -2.18. The average molecular weight is 284 g/mol. The van der Waals surface area contributed by atoms with Gasteiger partial charge in [-0.25, -0.2) is 4.39 Å². The van der Waals surface area contributed by atoms with Crippen molar-refractivity contribution in [2.24, 2.45) is 0 Å². The summed E-state index contributed by atoms with van der Waals surface area (Å²) in [4.78, 5) is 1.97. The Bertz CT molecular complexity index is 684. The number of nitrogens with zero attached hydrogens (tertiary/aromatic N) is 1. The van der Waals surface area contributed by atoms with Crippen molar-refractivity contribution in [3.63, 3.8) is 0 Å². The van der Waals surface area contributed by atoms with Crippen molar-refractivity contribution in [1.29, 1.82) is 5.41 Å². The summed E-state index contributed by atoms with van der Waals surface area (Å²) in [6.45, 7) is 1.39. The lowest BCUT2D eigenvalue weighted by molar-refractivity contribution is 0.398. The van der Waals surface area contributed by atoms with Crippen LogP contribution in [0.25, 0.3) is 0 Å². The molecule has 2 aromatic carbocycles. The van der Waals surface area contributed by atoms with E-state index in [9.17, 15) is 4.39 Å². The van der Waals surface area contributed by atoms with Gasteiger partial charge in [-0.15, -0.1) is 0 Å². The van der Waals surface area contributed by atoms with Crippen LogP contribution in [0.4, 0.5) is 4.39 Å². The molecule has 0 aromatic heterocycles. The highest BCUT2D eigenvalue weighted by Gasteiger charge is 2.24. The Labute approximate surface area is 123 Å². The smallest absolute Gasteiger partial charge is 0.128 e. The summed E-state index contributed by atoms with van der Waals surface area (Å²) in [6, 6.07) is 12.6. The molecule has 4 heteroatoms. The predicted molar refractivity (Wildman–Crippen MR) is 80.3 cm³/mol. The van der Waals surface area contributed by atoms with Crippen molar-refractivity contribution < 1.29 is 9.13 Å². The summed E-state index contributed by atoms with van der Waals surface area (Å²) in [5, 5.41) is 8.18. The highest BCUT2D eigenvalue weighted by molar-refractivity contribution is 6.00. The second-order valence-corrected chi connectivity index (χ2v) is 5.13. The van der Waals surface area contributed by atoms with Crippen LogP contribution in [-0.4, -0.2) is 24.4 Å². The zero-order chi connectivity index (χ0) is 14.8. The van der Waals surface area contributed by atoms with Gasteiger partial charge in [0.2, 0.25) is 0 Å². The Morgan fingerprint density at radius 3 is 2.86 bits per heavy atom. The number of hydrogen-bond acceptors (Lipinski definition) is 2. The Balaban J connectivity index is 1.72. The van der Waals surface area contributed by atoms with Gasteiger partial charge in [-0.05, 0) is 35.7 Å². The van der Waals surface area contributed by atoms with Crippen LogP contribution < -0.4 is 4.74 Å². The lowest BCUT2D eigenvalue weighted by atomic mass is 10.1. The fourth-order valence-corrected chi connectivity index (χ4v) is 2.72. The second-order valence-electron chi connectivity index (χ2n) is 5.13. The molecule has 0 radical (unpaired) electrons. The number of para-hydroxylation sites is 1. The SMILES string of the molecule is COc1ccccc1CCN1Cc2ccc(F)cc2C1=N. The zero-order valence-corrected chi connectivity index (χ0v) is 11.9. The zero-order valence-electron chi connectivity index (χ0n) is 11.9. The topological polar surface area (TPSA) is 36.3 Å². The summed E-state index contributed by atoms with van der Waals surface area (Å²) in [5.74, 6) is 0.983. The van der Waals surface area contributed by atoms with Gasteiger partial charge in [0.1, 0.15) is 17.4 Å². The van der Waals surface area contributed by atoms with E-state index in [4.69, 9.17) is 10.1 Å². The van der Waals surface area contributed by atoms with Crippen LogP contribution in [0.5, 0.6) is 5.75 Å². The Morgan fingerprint density at radius 1 is 1.24 bits per heavy atom. The van der Waals surface area contributed by atoms with Gasteiger partial charge >= 0.3 is 0 Å². The molecule has 1 aliphatic heterocycles. The molecule has 0 spiro atoms. The first-order valence-electron chi connectivity index (χ1n) is 6.93. The molecule has 1 aliphatic rings. The minimum atomic E-state index is -0.287. The number of rotatable bonds is 4. The molecule has 1 N–H and O–H groups in total. The van der Waals surface area contributed by atoms with Crippen molar-refractivity contribution in [1.82, 2.24) is 4.90 Å². The van der Waals surface area contributed by atoms with Crippen LogP contribution in [0.2, 0.25) is 0 Å². The highest BCUT2D eigenvalue weighted by atomic mass is 19.1. The van der Waals surface area contributed by atoms with Gasteiger partial charge in [-0.3, -0.25) is 5.41 Å². The van der Waals surface area contributed by atoms with Gasteiger partial charge in [0, 0.05) is 18.7 Å². The van der Waals surface area contributed by atoms with Crippen molar-refractivity contribution >= 4 is 5.84 Å². The van der Waals surface area contributed by atoms with Gasteiger partial charge in [0.05, 0.1) is 7.11 Å². The van der Waals surface area contributed by atoms with Crippen molar-refractivity contribution in [3.05, 3.63) is 65.0 Å². The van der Waals surface area contributed by atoms with Gasteiger partial charge in [0.15, 0.2) is 0 Å². The highest BCUT2D eigenvalue weighted by Crippen LogP contribution is 2.25. The molecule has 0 unspecified atom stereocenters. The van der Waals surface area contributed by atoms with Gasteiger partial charge in [-0.1, -0.05) is 24.3 Å². The summed E-state index contributed by atoms with van der Waals surface area (Å²) in [5.41, 5.74) is 2.84. The first-order chi connectivity index (χ1) is 10.2. The maximum atomic E-state index is 13.3. The molecule has 0 fully saturated rings. The fraction of sp³-hybridized carbons (Fsp3) is 0.235. The van der Waals surface area contributed by atoms with Crippen LogP contribution in [0.1, 0.15) is 16.7 Å². The number of hydrogen-bond donors (Lipinski definition) is 1. The quantitative estimate of drug-likeness (QED) is 0.936. The van der Waals surface area contributed by atoms with Crippen molar-refractivity contribution in [2.75, 3.05) is 13.7 Å². The second kappa shape index (κ2) is 5.56. The normalized spacial score (nSPS) is 13.4. The Morgan fingerprint density at radius 2 is 2.05 bits per heavy atom. The molecule has 0 amide bonds. The molecule has 0 saturated heterocycles. The first-order valence-corrected chi connectivity index (χ1v) is 6.93. The maximum Gasteiger partial charge on any atom is 0.128 e. The molecule has 0 saturated carbocycles. The standard InChI is InChI=1S/C17H17FN2O/c1-21-16-5-3-2-4-12(16)8-9-20-11-13-6-7-14(18)10-15(13)17(20)19/h2-7,10,19H,8-9,11H2,1H3. The summed E-state index contributed by atoms with van der Waals surface area (Å²) in [7, 11) is 1.66. The van der Waals surface area contributed by atoms with E-state index in [-0.39, 0.29) is 5.82 Å². The van der Waals surface area contributed by atoms with Crippen LogP contribution in [0, 0.1) is 11.2 Å². The third-order valence-electron chi connectivity index (χ3n) is 3.85. The van der Waals surface area contributed by atoms with E-state index in [0.29, 0.717) is 17.9 Å². The maximum absolute atomic E-state index is 13.3. The van der Waals surface area contributed by atoms with E-state index >= 15 is 0 Å². The van der Waals surface area contributed by atoms with Gasteiger partial charge in [0.25, 0.3) is 0 Å². The van der Waals surface area contributed by atoms with Crippen molar-refractivity contribution in [2.45, 2.75) is 13.0 Å². The minimum absolute atomic E-state index is 0.287. The Hall–Kier alpha value is -2.36. The van der Waals surface area contributed by atoms with E-state index in [1.807, 2.05) is 29.2 Å². The van der Waals surface area contributed by atoms with E-state index in [2.05, 4.69) is 0 Å². The molecule has 21 heavy (non-hydrogen) atoms. The number of amidine groups is 1. The molecule has 0 bridgehead atoms. The number of halogens is 1. The number of nitrogens with one attached hydrogen (secondary N) is 1. The number of methoxy groups -OCH3 is 1. The fourth-order valence-electron chi connectivity index (χ4n) is 2.72. The molecular formula is C17H17FN2O. The number of ether oxygens (including phenoxy) is 1. The molecule has 2 aromatic rings. The number of fused-ring (bicyclic) bond motifs is 1. The predicted octanol–water partition coefficient (Wildman–Crippen LogP) is 3.22. The van der Waals surface area contributed by atoms with Crippen LogP contribution in [-0.2, 0) is 13.0 Å². The largest absolute Gasteiger partial charge is 0.496 e. The van der Waals surface area contributed by atoms with E-state index in [1.54, 1.807) is 13.2 Å². The lowest BCUT2D eigenvalue weighted by Crippen LogP contribution is -2.26.